The van der Waals surface area contributed by atoms with Crippen molar-refractivity contribution in [2.45, 2.75) is 50.3 Å². The van der Waals surface area contributed by atoms with Gasteiger partial charge in [0.2, 0.25) is 0 Å². The van der Waals surface area contributed by atoms with Gasteiger partial charge in [0.1, 0.15) is 29.8 Å². The summed E-state index contributed by atoms with van der Waals surface area (Å²) >= 11 is 1.33. The number of rotatable bonds is 6. The van der Waals surface area contributed by atoms with Crippen LogP contribution in [-0.2, 0) is 30.2 Å². The van der Waals surface area contributed by atoms with Crippen LogP contribution in [0.25, 0.3) is 0 Å². The van der Waals surface area contributed by atoms with Crippen LogP contribution in [0.1, 0.15) is 37.5 Å². The van der Waals surface area contributed by atoms with Gasteiger partial charge >= 0.3 is 18.2 Å². The van der Waals surface area contributed by atoms with Crippen LogP contribution in [0.5, 0.6) is 0 Å². The first-order valence-corrected chi connectivity index (χ1v) is 11.7. The number of carbonyl (C=O) groups excluding carboxylic acids is 4. The van der Waals surface area contributed by atoms with E-state index in [0.717, 1.165) is 17.5 Å². The smallest absolute Gasteiger partial charge is 0.408 e. The van der Waals surface area contributed by atoms with Gasteiger partial charge in [0.25, 0.3) is 5.91 Å². The fraction of sp³-hybridized carbons (Fsp3) is 0.455. The predicted octanol–water partition coefficient (Wildman–Crippen LogP) is 1.98. The number of fused-ring (bicyclic) bond motifs is 2. The summed E-state index contributed by atoms with van der Waals surface area (Å²) < 4.78 is 15.8. The highest BCUT2D eigenvalue weighted by molar-refractivity contribution is 8.00. The fourth-order valence-electron chi connectivity index (χ4n) is 4.14. The second-order valence-electron chi connectivity index (χ2n) is 8.18. The van der Waals surface area contributed by atoms with Crippen molar-refractivity contribution in [1.82, 2.24) is 10.2 Å². The minimum Gasteiger partial charge on any atom is -0.453 e. The average Bonchev–Trinajstić information content (AvgIpc) is 3.17. The standard InChI is InChI=1S/C22H25N3O7S/c1-11(2)31-22(29)24-16-18(26)25-17(13(9-30-21(23)28)10-33-19(16)25)20(27)32-15-8-7-12-5-3-4-6-14(12)15/h3-6,11,15-16,19H,7-10H2,1-2H3,(H2,23,28)(H,24,29)/t15?,16-,19-/m1/s1. The van der Waals surface area contributed by atoms with E-state index < -0.39 is 41.6 Å². The molecule has 1 unspecified atom stereocenters. The molecule has 3 N–H and O–H groups in total. The van der Waals surface area contributed by atoms with E-state index in [9.17, 15) is 19.2 Å². The molecule has 0 aromatic heterocycles. The Kier molecular flexibility index (Phi) is 6.50. The van der Waals surface area contributed by atoms with Gasteiger partial charge in [-0.15, -0.1) is 11.8 Å². The van der Waals surface area contributed by atoms with Crippen LogP contribution in [0, 0.1) is 0 Å². The number of thioether (sulfide) groups is 1. The number of ether oxygens (including phenoxy) is 3. The van der Waals surface area contributed by atoms with E-state index in [2.05, 4.69) is 5.32 Å². The van der Waals surface area contributed by atoms with Gasteiger partial charge in [-0.3, -0.25) is 9.69 Å². The third-order valence-electron chi connectivity index (χ3n) is 5.57. The molecule has 10 nitrogen and oxygen atoms in total. The van der Waals surface area contributed by atoms with Crippen LogP contribution in [0.4, 0.5) is 9.59 Å². The molecule has 11 heteroatoms. The van der Waals surface area contributed by atoms with Gasteiger partial charge in [0.15, 0.2) is 0 Å². The number of alkyl carbamates (subject to hydrolysis) is 1. The van der Waals surface area contributed by atoms with Crippen molar-refractivity contribution in [3.05, 3.63) is 46.7 Å². The van der Waals surface area contributed by atoms with Crippen LogP contribution >= 0.6 is 11.8 Å². The summed E-state index contributed by atoms with van der Waals surface area (Å²) in [7, 11) is 0. The van der Waals surface area contributed by atoms with Crippen LogP contribution in [0.2, 0.25) is 0 Å². The van der Waals surface area contributed by atoms with E-state index in [0.29, 0.717) is 17.7 Å². The highest BCUT2D eigenvalue weighted by atomic mass is 32.2. The number of β-lactam (4-membered cyclic amide) rings is 1. The Labute approximate surface area is 194 Å². The highest BCUT2D eigenvalue weighted by Gasteiger charge is 2.55. The monoisotopic (exact) mass is 475 g/mol. The molecule has 176 valence electrons. The minimum atomic E-state index is -0.988. The Hall–Kier alpha value is -3.21. The van der Waals surface area contributed by atoms with Crippen molar-refractivity contribution in [3.8, 4) is 0 Å². The summed E-state index contributed by atoms with van der Waals surface area (Å²) in [4.78, 5) is 50.6. The summed E-state index contributed by atoms with van der Waals surface area (Å²) in [5.41, 5.74) is 7.60. The number of aryl methyl sites for hydroxylation is 1. The first-order chi connectivity index (χ1) is 15.8. The number of carbonyl (C=O) groups is 4. The molecule has 1 aliphatic carbocycles. The summed E-state index contributed by atoms with van der Waals surface area (Å²) in [5.74, 6) is -0.852. The number of hydrogen-bond donors (Lipinski definition) is 2. The number of primary amides is 1. The van der Waals surface area contributed by atoms with Crippen LogP contribution in [0.3, 0.4) is 0 Å². The highest BCUT2D eigenvalue weighted by Crippen LogP contribution is 2.42. The van der Waals surface area contributed by atoms with Crippen molar-refractivity contribution < 1.29 is 33.4 Å². The molecule has 0 spiro atoms. The summed E-state index contributed by atoms with van der Waals surface area (Å²) in [6.07, 6.45) is -1.04. The molecular weight excluding hydrogens is 450 g/mol. The summed E-state index contributed by atoms with van der Waals surface area (Å²) in [6, 6.07) is 6.89. The molecule has 0 bridgehead atoms. The number of esters is 1. The molecule has 3 atom stereocenters. The van der Waals surface area contributed by atoms with Gasteiger partial charge in [0.05, 0.1) is 6.10 Å². The quantitative estimate of drug-likeness (QED) is 0.362. The van der Waals surface area contributed by atoms with E-state index in [-0.39, 0.29) is 18.4 Å². The van der Waals surface area contributed by atoms with Gasteiger partial charge in [0, 0.05) is 11.3 Å². The second kappa shape index (κ2) is 9.34. The lowest BCUT2D eigenvalue weighted by atomic mass is 10.0. The van der Waals surface area contributed by atoms with E-state index in [1.54, 1.807) is 13.8 Å². The van der Waals surface area contributed by atoms with Crippen LogP contribution in [-0.4, -0.2) is 58.8 Å². The molecule has 0 radical (unpaired) electrons. The zero-order valence-corrected chi connectivity index (χ0v) is 19.1. The van der Waals surface area contributed by atoms with Gasteiger partial charge in [-0.2, -0.15) is 0 Å². The third-order valence-corrected chi connectivity index (χ3v) is 6.91. The lowest BCUT2D eigenvalue weighted by Crippen LogP contribution is -2.70. The van der Waals surface area contributed by atoms with Crippen molar-refractivity contribution in [1.29, 1.82) is 0 Å². The Morgan fingerprint density at radius 3 is 2.76 bits per heavy atom. The van der Waals surface area contributed by atoms with E-state index in [1.807, 2.05) is 24.3 Å². The third kappa shape index (κ3) is 4.63. The first kappa shape index (κ1) is 23.0. The zero-order chi connectivity index (χ0) is 23.7. The van der Waals surface area contributed by atoms with Crippen molar-refractivity contribution in [3.63, 3.8) is 0 Å². The number of nitrogens with one attached hydrogen (secondary N) is 1. The molecule has 3 aliphatic rings. The SMILES string of the molecule is CC(C)OC(=O)N[C@@H]1C(=O)N2C(C(=O)OC3CCc4ccccc43)=C(COC(N)=O)CS[C@H]12. The molecule has 1 fully saturated rings. The van der Waals surface area contributed by atoms with E-state index >= 15 is 0 Å². The summed E-state index contributed by atoms with van der Waals surface area (Å²) in [5, 5.41) is 2.05. The van der Waals surface area contributed by atoms with Gasteiger partial charge < -0.3 is 25.3 Å². The Morgan fingerprint density at radius 2 is 2.03 bits per heavy atom. The molecule has 3 amide bonds. The normalized spacial score (nSPS) is 23.4. The minimum absolute atomic E-state index is 0.0321. The number of benzene rings is 1. The number of amides is 3. The van der Waals surface area contributed by atoms with E-state index in [4.69, 9.17) is 19.9 Å². The lowest BCUT2D eigenvalue weighted by molar-refractivity contribution is -0.154. The topological polar surface area (TPSA) is 137 Å². The number of nitrogens with zero attached hydrogens (tertiary/aromatic N) is 1. The Balaban J connectivity index is 1.54. The molecule has 1 aromatic carbocycles. The molecule has 0 saturated carbocycles. The molecule has 33 heavy (non-hydrogen) atoms. The van der Waals surface area contributed by atoms with Crippen LogP contribution < -0.4 is 11.1 Å². The van der Waals surface area contributed by atoms with Crippen LogP contribution in [0.15, 0.2) is 35.5 Å². The molecule has 1 saturated heterocycles. The maximum Gasteiger partial charge on any atom is 0.408 e. The molecule has 4 rings (SSSR count). The largest absolute Gasteiger partial charge is 0.453 e. The van der Waals surface area contributed by atoms with Gasteiger partial charge in [-0.1, -0.05) is 24.3 Å². The fourth-order valence-corrected chi connectivity index (χ4v) is 5.47. The first-order valence-electron chi connectivity index (χ1n) is 10.6. The van der Waals surface area contributed by atoms with Crippen molar-refractivity contribution in [2.75, 3.05) is 12.4 Å². The summed E-state index contributed by atoms with van der Waals surface area (Å²) in [6.45, 7) is 3.16. The molecule has 1 aromatic rings. The van der Waals surface area contributed by atoms with Gasteiger partial charge in [-0.25, -0.2) is 14.4 Å². The van der Waals surface area contributed by atoms with Crippen molar-refractivity contribution >= 4 is 35.8 Å². The number of hydrogen-bond acceptors (Lipinski definition) is 8. The number of nitrogens with two attached hydrogens (primary N) is 1. The Bertz CT molecular complexity index is 1020. The molecular formula is C22H25N3O7S. The maximum atomic E-state index is 13.3. The zero-order valence-electron chi connectivity index (χ0n) is 18.2. The average molecular weight is 476 g/mol. The second-order valence-corrected chi connectivity index (χ2v) is 9.28. The predicted molar refractivity (Wildman–Crippen MR) is 118 cm³/mol. The maximum absolute atomic E-state index is 13.3. The lowest BCUT2D eigenvalue weighted by Gasteiger charge is -2.49. The molecule has 2 heterocycles. The molecule has 2 aliphatic heterocycles. The van der Waals surface area contributed by atoms with Crippen molar-refractivity contribution in [2.24, 2.45) is 5.73 Å². The van der Waals surface area contributed by atoms with Gasteiger partial charge in [-0.05, 0) is 37.8 Å². The Morgan fingerprint density at radius 1 is 1.27 bits per heavy atom. The van der Waals surface area contributed by atoms with E-state index in [1.165, 1.54) is 16.7 Å².